The van der Waals surface area contributed by atoms with Crippen molar-refractivity contribution < 1.29 is 4.74 Å². The fraction of sp³-hybridized carbons (Fsp3) is 0.375. The maximum atomic E-state index is 5.37. The van der Waals surface area contributed by atoms with E-state index < -0.39 is 0 Å². The zero-order chi connectivity index (χ0) is 14.8. The molecule has 0 aromatic carbocycles. The molecule has 5 heteroatoms. The number of hydrogen-bond donors (Lipinski definition) is 2. The topological polar surface area (TPSA) is 59.1 Å². The summed E-state index contributed by atoms with van der Waals surface area (Å²) >= 11 is 0. The Balaban J connectivity index is 1.60. The summed E-state index contributed by atoms with van der Waals surface area (Å²) in [7, 11) is 0. The van der Waals surface area contributed by atoms with Crippen LogP contribution in [-0.2, 0) is 6.54 Å². The van der Waals surface area contributed by atoms with E-state index in [4.69, 9.17) is 4.74 Å². The van der Waals surface area contributed by atoms with Crippen molar-refractivity contribution in [3.05, 3.63) is 48.3 Å². The molecule has 2 aromatic rings. The van der Waals surface area contributed by atoms with Crippen LogP contribution in [0.2, 0.25) is 0 Å². The molecule has 0 saturated carbocycles. The Bertz CT molecular complexity index is 519. The van der Waals surface area contributed by atoms with E-state index in [0.29, 0.717) is 12.5 Å². The number of nitrogens with zero attached hydrogens (tertiary/aromatic N) is 2. The van der Waals surface area contributed by atoms with Crippen LogP contribution in [0.5, 0.6) is 5.88 Å². The van der Waals surface area contributed by atoms with Gasteiger partial charge in [-0.05, 0) is 37.6 Å². The van der Waals surface area contributed by atoms with Gasteiger partial charge in [0.2, 0.25) is 5.88 Å². The maximum Gasteiger partial charge on any atom is 0.215 e. The Hall–Kier alpha value is -2.14. The van der Waals surface area contributed by atoms with Crippen LogP contribution < -0.4 is 15.4 Å². The van der Waals surface area contributed by atoms with Crippen molar-refractivity contribution in [2.24, 2.45) is 0 Å². The van der Waals surface area contributed by atoms with Gasteiger partial charge < -0.3 is 15.4 Å². The minimum Gasteiger partial charge on any atom is -0.478 e. The van der Waals surface area contributed by atoms with Gasteiger partial charge in [-0.2, -0.15) is 4.98 Å². The normalized spacial score (nSPS) is 10.3. The molecule has 0 fully saturated rings. The summed E-state index contributed by atoms with van der Waals surface area (Å²) in [6.45, 7) is 5.27. The van der Waals surface area contributed by atoms with Gasteiger partial charge in [-0.15, -0.1) is 0 Å². The van der Waals surface area contributed by atoms with E-state index in [1.54, 1.807) is 6.20 Å². The van der Waals surface area contributed by atoms with Gasteiger partial charge in [0, 0.05) is 31.5 Å². The summed E-state index contributed by atoms with van der Waals surface area (Å²) in [5.41, 5.74) is 1.21. The Morgan fingerprint density at radius 1 is 1.14 bits per heavy atom. The number of pyridine rings is 2. The number of anilines is 1. The predicted molar refractivity (Wildman–Crippen MR) is 84.5 cm³/mol. The molecule has 0 aliphatic heterocycles. The maximum absolute atomic E-state index is 5.37. The molecule has 0 atom stereocenters. The lowest BCUT2D eigenvalue weighted by Crippen LogP contribution is -2.18. The van der Waals surface area contributed by atoms with Crippen molar-refractivity contribution in [1.29, 1.82) is 0 Å². The van der Waals surface area contributed by atoms with Crippen LogP contribution in [0, 0.1) is 0 Å². The van der Waals surface area contributed by atoms with E-state index in [2.05, 4.69) is 26.7 Å². The van der Waals surface area contributed by atoms with Gasteiger partial charge in [-0.25, -0.2) is 0 Å². The van der Waals surface area contributed by atoms with Gasteiger partial charge in [0.15, 0.2) is 0 Å². The Kier molecular flexibility index (Phi) is 6.48. The average Bonchev–Trinajstić information content (AvgIpc) is 2.52. The molecule has 0 bridgehead atoms. The van der Waals surface area contributed by atoms with Gasteiger partial charge in [-0.3, -0.25) is 4.98 Å². The van der Waals surface area contributed by atoms with Crippen LogP contribution in [0.3, 0.4) is 0 Å². The molecule has 112 valence electrons. The second-order valence-electron chi connectivity index (χ2n) is 4.61. The number of ether oxygens (including phenoxy) is 1. The smallest absolute Gasteiger partial charge is 0.215 e. The number of hydrogen-bond acceptors (Lipinski definition) is 5. The van der Waals surface area contributed by atoms with Crippen LogP contribution in [0.4, 0.5) is 5.82 Å². The second kappa shape index (κ2) is 8.92. The van der Waals surface area contributed by atoms with Crippen molar-refractivity contribution in [3.63, 3.8) is 0 Å². The van der Waals surface area contributed by atoms with Crippen LogP contribution in [-0.4, -0.2) is 29.7 Å². The molecule has 2 rings (SSSR count). The van der Waals surface area contributed by atoms with Gasteiger partial charge in [0.1, 0.15) is 5.82 Å². The quantitative estimate of drug-likeness (QED) is 0.693. The molecule has 0 aliphatic rings. The molecule has 2 heterocycles. The predicted octanol–water partition coefficient (Wildman–Crippen LogP) is 2.47. The first-order valence-corrected chi connectivity index (χ1v) is 7.32. The van der Waals surface area contributed by atoms with Gasteiger partial charge in [0.25, 0.3) is 0 Å². The fourth-order valence-electron chi connectivity index (χ4n) is 1.91. The molecule has 0 aliphatic carbocycles. The molecule has 0 amide bonds. The van der Waals surface area contributed by atoms with E-state index >= 15 is 0 Å². The van der Waals surface area contributed by atoms with Gasteiger partial charge in [0.05, 0.1) is 6.61 Å². The molecular formula is C16H22N4O. The Morgan fingerprint density at radius 2 is 2.10 bits per heavy atom. The lowest BCUT2D eigenvalue weighted by molar-refractivity contribution is 0.327. The van der Waals surface area contributed by atoms with Crippen LogP contribution in [0.1, 0.15) is 18.9 Å². The van der Waals surface area contributed by atoms with Crippen LogP contribution in [0.15, 0.2) is 42.7 Å². The van der Waals surface area contributed by atoms with E-state index in [0.717, 1.165) is 31.9 Å². The summed E-state index contributed by atoms with van der Waals surface area (Å²) < 4.78 is 5.37. The summed E-state index contributed by atoms with van der Waals surface area (Å²) in [5.74, 6) is 1.52. The van der Waals surface area contributed by atoms with Crippen LogP contribution >= 0.6 is 0 Å². The molecule has 0 saturated heterocycles. The van der Waals surface area contributed by atoms with E-state index in [1.165, 1.54) is 5.56 Å². The molecule has 0 spiro atoms. The lowest BCUT2D eigenvalue weighted by atomic mass is 10.3. The lowest BCUT2D eigenvalue weighted by Gasteiger charge is -2.08. The highest BCUT2D eigenvalue weighted by Crippen LogP contribution is 2.10. The van der Waals surface area contributed by atoms with Crippen molar-refractivity contribution in [2.75, 3.05) is 25.0 Å². The Morgan fingerprint density at radius 3 is 2.90 bits per heavy atom. The third kappa shape index (κ3) is 5.79. The highest BCUT2D eigenvalue weighted by atomic mass is 16.5. The van der Waals surface area contributed by atoms with E-state index in [-0.39, 0.29) is 0 Å². The highest BCUT2D eigenvalue weighted by molar-refractivity contribution is 5.36. The summed E-state index contributed by atoms with van der Waals surface area (Å²) in [6.07, 6.45) is 4.70. The van der Waals surface area contributed by atoms with Crippen LogP contribution in [0.25, 0.3) is 0 Å². The van der Waals surface area contributed by atoms with E-state index in [9.17, 15) is 0 Å². The number of rotatable bonds is 9. The zero-order valence-electron chi connectivity index (χ0n) is 12.4. The first-order valence-electron chi connectivity index (χ1n) is 7.32. The largest absolute Gasteiger partial charge is 0.478 e. The summed E-state index contributed by atoms with van der Waals surface area (Å²) in [5, 5.41) is 6.69. The fourth-order valence-corrected chi connectivity index (χ4v) is 1.91. The monoisotopic (exact) mass is 286 g/mol. The summed E-state index contributed by atoms with van der Waals surface area (Å²) in [4.78, 5) is 8.46. The van der Waals surface area contributed by atoms with Crippen molar-refractivity contribution in [1.82, 2.24) is 15.3 Å². The number of nitrogens with one attached hydrogen (secondary N) is 2. The average molecular weight is 286 g/mol. The molecule has 2 N–H and O–H groups in total. The minimum absolute atomic E-state index is 0.634. The third-order valence-electron chi connectivity index (χ3n) is 2.90. The first-order chi connectivity index (χ1) is 10.4. The molecule has 0 unspecified atom stereocenters. The van der Waals surface area contributed by atoms with Crippen molar-refractivity contribution in [3.8, 4) is 5.88 Å². The molecule has 2 aromatic heterocycles. The van der Waals surface area contributed by atoms with Gasteiger partial charge in [-0.1, -0.05) is 12.1 Å². The van der Waals surface area contributed by atoms with Gasteiger partial charge >= 0.3 is 0 Å². The molecule has 0 radical (unpaired) electrons. The standard InChI is InChI=1S/C16H22N4O/c1-2-21-16-8-3-7-15(20-16)19-11-5-10-18-13-14-6-4-9-17-12-14/h3-4,6-9,12,18H,2,5,10-11,13H2,1H3,(H,19,20). The van der Waals surface area contributed by atoms with E-state index in [1.807, 2.05) is 37.4 Å². The minimum atomic E-state index is 0.634. The second-order valence-corrected chi connectivity index (χ2v) is 4.61. The molecule has 21 heavy (non-hydrogen) atoms. The third-order valence-corrected chi connectivity index (χ3v) is 2.90. The Labute approximate surface area is 125 Å². The molecule has 5 nitrogen and oxygen atoms in total. The first kappa shape index (κ1) is 15.3. The van der Waals surface area contributed by atoms with Crippen molar-refractivity contribution in [2.45, 2.75) is 19.9 Å². The van der Waals surface area contributed by atoms with Crippen molar-refractivity contribution >= 4 is 5.82 Å². The number of aromatic nitrogens is 2. The molecular weight excluding hydrogens is 264 g/mol. The SMILES string of the molecule is CCOc1cccc(NCCCNCc2cccnc2)n1. The summed E-state index contributed by atoms with van der Waals surface area (Å²) in [6, 6.07) is 9.79. The highest BCUT2D eigenvalue weighted by Gasteiger charge is 1.97. The zero-order valence-corrected chi connectivity index (χ0v) is 12.4.